The van der Waals surface area contributed by atoms with E-state index in [2.05, 4.69) is 4.74 Å². The van der Waals surface area contributed by atoms with Gasteiger partial charge in [-0.2, -0.15) is 0 Å². The van der Waals surface area contributed by atoms with Gasteiger partial charge < -0.3 is 9.47 Å². The summed E-state index contributed by atoms with van der Waals surface area (Å²) in [7, 11) is 3.11. The number of esters is 1. The summed E-state index contributed by atoms with van der Waals surface area (Å²) in [6, 6.07) is 6.96. The fraction of sp³-hybridized carbons (Fsp3) is 0.611. The van der Waals surface area contributed by atoms with E-state index in [-0.39, 0.29) is 16.6 Å². The first kappa shape index (κ1) is 22.1. The van der Waals surface area contributed by atoms with Crippen molar-refractivity contribution in [3.63, 3.8) is 0 Å². The first-order valence-corrected chi connectivity index (χ1v) is 8.29. The van der Waals surface area contributed by atoms with Crippen LogP contribution in [0.1, 0.15) is 57.9 Å². The van der Waals surface area contributed by atoms with Crippen LogP contribution in [0.25, 0.3) is 0 Å². The topological polar surface area (TPSA) is 78.7 Å². The Balaban J connectivity index is 0.000000650. The molecule has 0 N–H and O–H groups in total. The van der Waals surface area contributed by atoms with Gasteiger partial charge in [-0.1, -0.05) is 26.0 Å². The van der Waals surface area contributed by atoms with E-state index < -0.39 is 0 Å². The summed E-state index contributed by atoms with van der Waals surface area (Å²) in [4.78, 5) is 19.8. The molecule has 1 aromatic rings. The van der Waals surface area contributed by atoms with Crippen LogP contribution in [0.3, 0.4) is 0 Å². The van der Waals surface area contributed by atoms with E-state index in [1.54, 1.807) is 19.2 Å². The second-order valence-corrected chi connectivity index (χ2v) is 5.25. The molecule has 6 nitrogen and oxygen atoms in total. The average molecular weight is 339 g/mol. The molecule has 1 aliphatic carbocycles. The summed E-state index contributed by atoms with van der Waals surface area (Å²) < 4.78 is 9.45. The number of benzene rings is 1. The third kappa shape index (κ3) is 8.06. The summed E-state index contributed by atoms with van der Waals surface area (Å²) in [5, 5.41) is 10.6. The number of hydrogen-bond acceptors (Lipinski definition) is 5. The minimum absolute atomic E-state index is 0.166. The lowest BCUT2D eigenvalue weighted by Gasteiger charge is -2.27. The molecule has 0 spiro atoms. The van der Waals surface area contributed by atoms with Crippen molar-refractivity contribution in [1.82, 2.24) is 0 Å². The maximum Gasteiger partial charge on any atom is 0.302 e. The highest BCUT2D eigenvalue weighted by molar-refractivity contribution is 5.65. The molecule has 0 amide bonds. The Morgan fingerprint density at radius 3 is 1.88 bits per heavy atom. The molecule has 136 valence electrons. The Morgan fingerprint density at radius 2 is 1.54 bits per heavy atom. The van der Waals surface area contributed by atoms with Gasteiger partial charge in [0.05, 0.1) is 18.1 Å². The van der Waals surface area contributed by atoms with E-state index in [0.717, 1.165) is 25.7 Å². The molecule has 24 heavy (non-hydrogen) atoms. The van der Waals surface area contributed by atoms with E-state index >= 15 is 0 Å². The molecular formula is C18H29NO5. The molecule has 1 saturated carbocycles. The number of carbonyl (C=O) groups is 1. The zero-order valence-electron chi connectivity index (χ0n) is 15.3. The van der Waals surface area contributed by atoms with Crippen LogP contribution in [0.2, 0.25) is 0 Å². The lowest BCUT2D eigenvalue weighted by molar-refractivity contribution is -0.384. The van der Waals surface area contributed by atoms with Crippen molar-refractivity contribution >= 4 is 11.7 Å². The van der Waals surface area contributed by atoms with Gasteiger partial charge in [0.25, 0.3) is 5.69 Å². The summed E-state index contributed by atoms with van der Waals surface area (Å²) in [6.07, 6.45) is 4.77. The largest absolute Gasteiger partial charge is 0.469 e. The standard InChI is InChI=1S/C13H17NO3.C3H6O2.C2H6/c1-17-13-8-4-11(5-9-13)10-2-6-12(7-3-10)14(15)16;1-3(4)5-2;1-2/h2-3,6-7,11,13H,4-5,8-9H2,1H3;1-2H3;1-2H3. The van der Waals surface area contributed by atoms with Crippen molar-refractivity contribution in [2.24, 2.45) is 0 Å². The van der Waals surface area contributed by atoms with E-state index in [4.69, 9.17) is 4.74 Å². The molecule has 6 heteroatoms. The summed E-state index contributed by atoms with van der Waals surface area (Å²) in [5.41, 5.74) is 1.38. The van der Waals surface area contributed by atoms with Crippen molar-refractivity contribution in [2.45, 2.75) is 58.5 Å². The molecule has 1 aromatic carbocycles. The molecule has 0 unspecified atom stereocenters. The van der Waals surface area contributed by atoms with Crippen molar-refractivity contribution in [3.05, 3.63) is 39.9 Å². The van der Waals surface area contributed by atoms with Crippen LogP contribution in [0.4, 0.5) is 5.69 Å². The average Bonchev–Trinajstić information content (AvgIpc) is 2.64. The van der Waals surface area contributed by atoms with Crippen LogP contribution in [0, 0.1) is 10.1 Å². The van der Waals surface area contributed by atoms with Crippen molar-refractivity contribution in [2.75, 3.05) is 14.2 Å². The smallest absolute Gasteiger partial charge is 0.302 e. The number of ether oxygens (including phenoxy) is 2. The van der Waals surface area contributed by atoms with Crippen LogP contribution in [-0.4, -0.2) is 31.2 Å². The van der Waals surface area contributed by atoms with Gasteiger partial charge in [0.15, 0.2) is 0 Å². The number of non-ortho nitro benzene ring substituents is 1. The molecule has 0 atom stereocenters. The van der Waals surface area contributed by atoms with Gasteiger partial charge in [0, 0.05) is 26.2 Å². The highest BCUT2D eigenvalue weighted by Gasteiger charge is 2.22. The maximum atomic E-state index is 10.6. The third-order valence-electron chi connectivity index (χ3n) is 3.87. The van der Waals surface area contributed by atoms with E-state index in [1.807, 2.05) is 26.0 Å². The monoisotopic (exact) mass is 339 g/mol. The fourth-order valence-electron chi connectivity index (χ4n) is 2.50. The second kappa shape index (κ2) is 12.5. The van der Waals surface area contributed by atoms with E-state index in [9.17, 15) is 14.9 Å². The molecular weight excluding hydrogens is 310 g/mol. The lowest BCUT2D eigenvalue weighted by Crippen LogP contribution is -2.19. The normalized spacial score (nSPS) is 19.0. The summed E-state index contributed by atoms with van der Waals surface area (Å²) in [5.74, 6) is 0.284. The van der Waals surface area contributed by atoms with Crippen molar-refractivity contribution in [3.8, 4) is 0 Å². The number of nitrogens with zero attached hydrogens (tertiary/aromatic N) is 1. The third-order valence-corrected chi connectivity index (χ3v) is 3.87. The van der Waals surface area contributed by atoms with Crippen LogP contribution >= 0.6 is 0 Å². The van der Waals surface area contributed by atoms with Crippen LogP contribution in [0.5, 0.6) is 0 Å². The van der Waals surface area contributed by atoms with Gasteiger partial charge in [-0.05, 0) is 37.2 Å². The number of nitro groups is 1. The van der Waals surface area contributed by atoms with Crippen LogP contribution < -0.4 is 0 Å². The highest BCUT2D eigenvalue weighted by atomic mass is 16.6. The minimum Gasteiger partial charge on any atom is -0.469 e. The molecule has 2 rings (SSSR count). The number of hydrogen-bond donors (Lipinski definition) is 0. The molecule has 0 bridgehead atoms. The van der Waals surface area contributed by atoms with Gasteiger partial charge in [-0.25, -0.2) is 0 Å². The Bertz CT molecular complexity index is 479. The highest BCUT2D eigenvalue weighted by Crippen LogP contribution is 2.34. The number of carbonyl (C=O) groups excluding carboxylic acids is 1. The van der Waals surface area contributed by atoms with Gasteiger partial charge in [0.1, 0.15) is 0 Å². The molecule has 1 aliphatic rings. The lowest BCUT2D eigenvalue weighted by atomic mass is 9.83. The molecule has 0 aliphatic heterocycles. The van der Waals surface area contributed by atoms with Crippen LogP contribution in [-0.2, 0) is 14.3 Å². The molecule has 0 aromatic heterocycles. The second-order valence-electron chi connectivity index (χ2n) is 5.25. The number of rotatable bonds is 3. The number of nitro benzene ring substituents is 1. The Hall–Kier alpha value is -1.95. The SMILES string of the molecule is CC.COC(C)=O.COC1CCC(c2ccc([N+](=O)[O-])cc2)CC1. The Morgan fingerprint density at radius 1 is 1.08 bits per heavy atom. The molecule has 0 saturated heterocycles. The Kier molecular flexibility index (Phi) is 11.5. The maximum absolute atomic E-state index is 10.6. The molecule has 0 heterocycles. The van der Waals surface area contributed by atoms with Crippen LogP contribution in [0.15, 0.2) is 24.3 Å². The first-order valence-electron chi connectivity index (χ1n) is 8.29. The quantitative estimate of drug-likeness (QED) is 0.461. The predicted molar refractivity (Wildman–Crippen MR) is 94.1 cm³/mol. The molecule has 1 fully saturated rings. The molecule has 0 radical (unpaired) electrons. The fourth-order valence-corrected chi connectivity index (χ4v) is 2.50. The predicted octanol–water partition coefficient (Wildman–Crippen LogP) is 4.47. The minimum atomic E-state index is -0.356. The zero-order valence-corrected chi connectivity index (χ0v) is 15.3. The van der Waals surface area contributed by atoms with Gasteiger partial charge in [-0.15, -0.1) is 0 Å². The zero-order chi connectivity index (χ0) is 18.5. The summed E-state index contributed by atoms with van der Waals surface area (Å²) in [6.45, 7) is 5.36. The van der Waals surface area contributed by atoms with E-state index in [1.165, 1.54) is 19.6 Å². The van der Waals surface area contributed by atoms with Gasteiger partial charge >= 0.3 is 5.97 Å². The number of methoxy groups -OCH3 is 2. The Labute approximate surface area is 144 Å². The van der Waals surface area contributed by atoms with Gasteiger partial charge in [0.2, 0.25) is 0 Å². The van der Waals surface area contributed by atoms with Crippen molar-refractivity contribution in [1.29, 1.82) is 0 Å². The first-order chi connectivity index (χ1) is 11.5. The van der Waals surface area contributed by atoms with Crippen molar-refractivity contribution < 1.29 is 19.2 Å². The van der Waals surface area contributed by atoms with Gasteiger partial charge in [-0.3, -0.25) is 14.9 Å². The van der Waals surface area contributed by atoms with E-state index in [0.29, 0.717) is 12.0 Å². The summed E-state index contributed by atoms with van der Waals surface area (Å²) >= 11 is 0.